The van der Waals surface area contributed by atoms with Gasteiger partial charge < -0.3 is 9.80 Å². The van der Waals surface area contributed by atoms with Crippen molar-refractivity contribution in [3.63, 3.8) is 0 Å². The molecule has 6 rings (SSSR count). The van der Waals surface area contributed by atoms with Crippen LogP contribution in [-0.4, -0.2) is 57.4 Å². The molecular formula is C32H38N4O. The van der Waals surface area contributed by atoms with Crippen molar-refractivity contribution in [1.29, 1.82) is 0 Å². The lowest BCUT2D eigenvalue weighted by atomic mass is 9.94. The molecule has 3 heterocycles. The second-order valence-electron chi connectivity index (χ2n) is 11.0. The van der Waals surface area contributed by atoms with E-state index in [2.05, 4.69) is 86.4 Å². The normalized spacial score (nSPS) is 22.1. The maximum Gasteiger partial charge on any atom is 0.321 e. The summed E-state index contributed by atoms with van der Waals surface area (Å²) in [6.07, 6.45) is 11.9. The van der Waals surface area contributed by atoms with Gasteiger partial charge in [0, 0.05) is 50.7 Å². The van der Waals surface area contributed by atoms with Crippen molar-refractivity contribution in [2.24, 2.45) is 0 Å². The number of rotatable bonds is 6. The molecular weight excluding hydrogens is 456 g/mol. The van der Waals surface area contributed by atoms with E-state index < -0.39 is 0 Å². The highest BCUT2D eigenvalue weighted by molar-refractivity contribution is 5.78. The highest BCUT2D eigenvalue weighted by Gasteiger charge is 2.45. The van der Waals surface area contributed by atoms with Gasteiger partial charge in [0.05, 0.1) is 6.04 Å². The second kappa shape index (κ2) is 11.1. The van der Waals surface area contributed by atoms with Crippen LogP contribution >= 0.6 is 0 Å². The van der Waals surface area contributed by atoms with E-state index >= 15 is 0 Å². The average Bonchev–Trinajstić information content (AvgIpc) is 3.32. The molecule has 3 aromatic rings. The number of likely N-dealkylation sites (tertiary alicyclic amines) is 1. The number of nitrogens with zero attached hydrogens (tertiary/aromatic N) is 4. The van der Waals surface area contributed by atoms with E-state index in [4.69, 9.17) is 0 Å². The Labute approximate surface area is 221 Å². The van der Waals surface area contributed by atoms with Crippen molar-refractivity contribution in [3.8, 4) is 11.1 Å². The summed E-state index contributed by atoms with van der Waals surface area (Å²) in [4.78, 5) is 25.0. The maximum absolute atomic E-state index is 13.8. The number of hydrogen-bond donors (Lipinski definition) is 0. The second-order valence-corrected chi connectivity index (χ2v) is 11.0. The highest BCUT2D eigenvalue weighted by atomic mass is 16.2. The number of amides is 2. The van der Waals surface area contributed by atoms with Gasteiger partial charge in [0.25, 0.3) is 0 Å². The van der Waals surface area contributed by atoms with Crippen LogP contribution < -0.4 is 0 Å². The number of benzene rings is 2. The Morgan fingerprint density at radius 2 is 1.41 bits per heavy atom. The van der Waals surface area contributed by atoms with Crippen molar-refractivity contribution in [2.75, 3.05) is 19.6 Å². The smallest absolute Gasteiger partial charge is 0.319 e. The predicted octanol–water partition coefficient (Wildman–Crippen LogP) is 6.52. The van der Waals surface area contributed by atoms with Crippen LogP contribution in [0.15, 0.2) is 79.1 Å². The number of carbonyl (C=O) groups is 1. The van der Waals surface area contributed by atoms with Gasteiger partial charge in [-0.15, -0.1) is 0 Å². The van der Waals surface area contributed by atoms with Gasteiger partial charge in [0.15, 0.2) is 0 Å². The van der Waals surface area contributed by atoms with Crippen LogP contribution in [0, 0.1) is 0 Å². The standard InChI is InChI=1S/C32H38N4O/c37-32-35(29-9-5-2-6-10-29)24-31(28-7-3-1-4-8-28)36(32)30-17-21-34(22-18-30)23-25-11-13-26(14-12-25)27-15-19-33-20-16-27/h1,3-4,7-8,11-16,19-20,29-31H,2,5-6,9-10,17-18,21-24H2/t31-/m0/s1. The van der Waals surface area contributed by atoms with Crippen LogP contribution in [0.5, 0.6) is 0 Å². The van der Waals surface area contributed by atoms with Crippen LogP contribution in [0.3, 0.4) is 0 Å². The molecule has 2 saturated heterocycles. The summed E-state index contributed by atoms with van der Waals surface area (Å²) in [5.41, 5.74) is 5.06. The first-order valence-corrected chi connectivity index (χ1v) is 14.1. The van der Waals surface area contributed by atoms with E-state index in [1.165, 1.54) is 54.4 Å². The van der Waals surface area contributed by atoms with E-state index in [1.54, 1.807) is 0 Å². The fourth-order valence-electron chi connectivity index (χ4n) is 6.64. The largest absolute Gasteiger partial charge is 0.321 e. The summed E-state index contributed by atoms with van der Waals surface area (Å²) < 4.78 is 0. The zero-order valence-corrected chi connectivity index (χ0v) is 21.7. The summed E-state index contributed by atoms with van der Waals surface area (Å²) in [5, 5.41) is 0. The Morgan fingerprint density at radius 3 is 2.11 bits per heavy atom. The molecule has 192 valence electrons. The molecule has 3 aliphatic rings. The minimum absolute atomic E-state index is 0.174. The Kier molecular flexibility index (Phi) is 7.22. The average molecular weight is 495 g/mol. The first kappa shape index (κ1) is 24.2. The fourth-order valence-corrected chi connectivity index (χ4v) is 6.64. The maximum atomic E-state index is 13.8. The van der Waals surface area contributed by atoms with Crippen molar-refractivity contribution in [1.82, 2.24) is 19.7 Å². The molecule has 0 unspecified atom stereocenters. The van der Waals surface area contributed by atoms with Gasteiger partial charge in [-0.2, -0.15) is 0 Å². The molecule has 2 aliphatic heterocycles. The molecule has 3 fully saturated rings. The molecule has 5 heteroatoms. The number of piperidine rings is 1. The fraction of sp³-hybridized carbons (Fsp3) is 0.438. The molecule has 2 aromatic carbocycles. The van der Waals surface area contributed by atoms with Crippen LogP contribution in [0.25, 0.3) is 11.1 Å². The molecule has 0 N–H and O–H groups in total. The summed E-state index contributed by atoms with van der Waals surface area (Å²) in [6.45, 7) is 3.88. The lowest BCUT2D eigenvalue weighted by Gasteiger charge is -2.39. The third kappa shape index (κ3) is 5.28. The highest BCUT2D eigenvalue weighted by Crippen LogP contribution is 2.38. The monoisotopic (exact) mass is 494 g/mol. The minimum atomic E-state index is 0.174. The number of pyridine rings is 1. The van der Waals surface area contributed by atoms with Crippen molar-refractivity contribution < 1.29 is 4.79 Å². The number of urea groups is 1. The third-order valence-corrected chi connectivity index (χ3v) is 8.70. The Bertz CT molecular complexity index is 1150. The molecule has 0 radical (unpaired) electrons. The SMILES string of the molecule is O=C1N(C2CCCCC2)C[C@@H](c2ccccc2)N1C1CCN(Cc2ccc(-c3ccncc3)cc2)CC1. The van der Waals surface area contributed by atoms with E-state index in [9.17, 15) is 4.79 Å². The van der Waals surface area contributed by atoms with Crippen molar-refractivity contribution in [2.45, 2.75) is 69.6 Å². The quantitative estimate of drug-likeness (QED) is 0.391. The Balaban J connectivity index is 1.11. The lowest BCUT2D eigenvalue weighted by molar-refractivity contribution is 0.106. The Hall–Kier alpha value is -3.18. The summed E-state index contributed by atoms with van der Waals surface area (Å²) in [7, 11) is 0. The van der Waals surface area contributed by atoms with Crippen molar-refractivity contribution >= 4 is 6.03 Å². The van der Waals surface area contributed by atoms with Crippen molar-refractivity contribution in [3.05, 3.63) is 90.3 Å². The molecule has 0 bridgehead atoms. The zero-order valence-electron chi connectivity index (χ0n) is 21.7. The number of hydrogen-bond acceptors (Lipinski definition) is 3. The predicted molar refractivity (Wildman–Crippen MR) is 148 cm³/mol. The van der Waals surface area contributed by atoms with Gasteiger partial charge in [0.2, 0.25) is 0 Å². The van der Waals surface area contributed by atoms with Gasteiger partial charge in [-0.1, -0.05) is 73.9 Å². The lowest BCUT2D eigenvalue weighted by Crippen LogP contribution is -2.48. The van der Waals surface area contributed by atoms with E-state index in [0.29, 0.717) is 12.1 Å². The summed E-state index contributed by atoms with van der Waals surface area (Å²) >= 11 is 0. The van der Waals surface area contributed by atoms with E-state index in [-0.39, 0.29) is 12.1 Å². The van der Waals surface area contributed by atoms with E-state index in [1.807, 2.05) is 12.4 Å². The molecule has 1 aromatic heterocycles. The Morgan fingerprint density at radius 1 is 0.730 bits per heavy atom. The molecule has 1 saturated carbocycles. The van der Waals surface area contributed by atoms with Gasteiger partial charge in [-0.05, 0) is 60.1 Å². The molecule has 37 heavy (non-hydrogen) atoms. The van der Waals surface area contributed by atoms with Gasteiger partial charge in [-0.25, -0.2) is 4.79 Å². The minimum Gasteiger partial charge on any atom is -0.319 e. The number of aromatic nitrogens is 1. The third-order valence-electron chi connectivity index (χ3n) is 8.70. The topological polar surface area (TPSA) is 39.7 Å². The van der Waals surface area contributed by atoms with Crippen LogP contribution in [0.2, 0.25) is 0 Å². The molecule has 0 spiro atoms. The zero-order chi connectivity index (χ0) is 25.0. The van der Waals surface area contributed by atoms with Gasteiger partial charge in [-0.3, -0.25) is 9.88 Å². The number of carbonyl (C=O) groups excluding carboxylic acids is 1. The molecule has 1 atom stereocenters. The van der Waals surface area contributed by atoms with Gasteiger partial charge >= 0.3 is 6.03 Å². The summed E-state index contributed by atoms with van der Waals surface area (Å²) in [6, 6.07) is 24.9. The van der Waals surface area contributed by atoms with Crippen LogP contribution in [0.4, 0.5) is 4.79 Å². The van der Waals surface area contributed by atoms with Crippen LogP contribution in [-0.2, 0) is 6.54 Å². The van der Waals surface area contributed by atoms with E-state index in [0.717, 1.165) is 39.0 Å². The molecule has 2 amide bonds. The van der Waals surface area contributed by atoms with Gasteiger partial charge in [0.1, 0.15) is 0 Å². The molecule has 1 aliphatic carbocycles. The molecule has 5 nitrogen and oxygen atoms in total. The van der Waals surface area contributed by atoms with Crippen LogP contribution in [0.1, 0.15) is 62.1 Å². The summed E-state index contributed by atoms with van der Waals surface area (Å²) in [5.74, 6) is 0. The first-order chi connectivity index (χ1) is 18.3. The first-order valence-electron chi connectivity index (χ1n) is 14.1.